The third-order valence-electron chi connectivity index (χ3n) is 3.60. The highest BCUT2D eigenvalue weighted by atomic mass is 32.2. The molecule has 0 aliphatic rings. The van der Waals surface area contributed by atoms with Gasteiger partial charge in [0.25, 0.3) is 5.91 Å². The van der Waals surface area contributed by atoms with Crippen LogP contribution in [0.5, 0.6) is 0 Å². The molecule has 0 saturated heterocycles. The van der Waals surface area contributed by atoms with E-state index in [-0.39, 0.29) is 30.2 Å². The van der Waals surface area contributed by atoms with Gasteiger partial charge in [0.15, 0.2) is 15.6 Å². The second-order valence-electron chi connectivity index (χ2n) is 6.05. The van der Waals surface area contributed by atoms with Crippen molar-refractivity contribution >= 4 is 21.7 Å². The number of rotatable bonds is 9. The van der Waals surface area contributed by atoms with E-state index in [9.17, 15) is 18.0 Å². The van der Waals surface area contributed by atoms with Gasteiger partial charge in [-0.15, -0.1) is 0 Å². The zero-order valence-corrected chi connectivity index (χ0v) is 15.2. The minimum Gasteiger partial charge on any atom is -0.481 e. The van der Waals surface area contributed by atoms with E-state index in [4.69, 9.17) is 9.52 Å². The Hall–Kier alpha value is -2.61. The number of benzene rings is 1. The number of carbonyl (C=O) groups is 2. The van der Waals surface area contributed by atoms with Crippen LogP contribution in [0, 0.1) is 0 Å². The van der Waals surface area contributed by atoms with Gasteiger partial charge in [-0.25, -0.2) is 8.42 Å². The van der Waals surface area contributed by atoms with Crippen molar-refractivity contribution in [2.45, 2.75) is 25.1 Å². The number of hydrogen-bond donors (Lipinski definition) is 1. The fraction of sp³-hybridized carbons (Fsp3) is 0.333. The molecule has 0 saturated carbocycles. The standard InChI is InChI=1S/C18H21NO6S/c1-26(23,24)13-15-9-10-16(25-15)18(22)19(11-5-8-17(20)21)12-14-6-3-2-4-7-14/h2-4,6-7,9-10H,5,8,11-13H2,1H3,(H,20,21). The van der Waals surface area contributed by atoms with E-state index in [0.29, 0.717) is 13.0 Å². The van der Waals surface area contributed by atoms with Crippen LogP contribution in [0.15, 0.2) is 46.9 Å². The van der Waals surface area contributed by atoms with Gasteiger partial charge in [0.2, 0.25) is 0 Å². The second kappa shape index (κ2) is 8.66. The van der Waals surface area contributed by atoms with Crippen LogP contribution in [-0.2, 0) is 26.9 Å². The quantitative estimate of drug-likeness (QED) is 0.717. The zero-order valence-electron chi connectivity index (χ0n) is 14.4. The maximum Gasteiger partial charge on any atom is 0.303 e. The van der Waals surface area contributed by atoms with Crippen molar-refractivity contribution in [3.63, 3.8) is 0 Å². The van der Waals surface area contributed by atoms with Crippen molar-refractivity contribution in [1.82, 2.24) is 4.90 Å². The second-order valence-corrected chi connectivity index (χ2v) is 8.19. The number of sulfone groups is 1. The van der Waals surface area contributed by atoms with Crippen LogP contribution >= 0.6 is 0 Å². The molecule has 0 unspecified atom stereocenters. The van der Waals surface area contributed by atoms with Gasteiger partial charge in [0.05, 0.1) is 0 Å². The Balaban J connectivity index is 2.14. The van der Waals surface area contributed by atoms with E-state index in [0.717, 1.165) is 11.8 Å². The molecule has 2 rings (SSSR count). The average Bonchev–Trinajstić information content (AvgIpc) is 3.00. The number of aliphatic carboxylic acids is 1. The molecule has 0 aliphatic heterocycles. The smallest absolute Gasteiger partial charge is 0.303 e. The van der Waals surface area contributed by atoms with Gasteiger partial charge in [-0.1, -0.05) is 30.3 Å². The summed E-state index contributed by atoms with van der Waals surface area (Å²) in [4.78, 5) is 25.0. The maximum atomic E-state index is 12.7. The maximum absolute atomic E-state index is 12.7. The number of carboxylic acid groups (broad SMARTS) is 1. The third-order valence-corrected chi connectivity index (χ3v) is 4.41. The van der Waals surface area contributed by atoms with Crippen LogP contribution in [0.1, 0.15) is 34.7 Å². The summed E-state index contributed by atoms with van der Waals surface area (Å²) < 4.78 is 28.1. The van der Waals surface area contributed by atoms with Crippen molar-refractivity contribution in [2.75, 3.05) is 12.8 Å². The monoisotopic (exact) mass is 379 g/mol. The van der Waals surface area contributed by atoms with Crippen LogP contribution in [0.2, 0.25) is 0 Å². The minimum absolute atomic E-state index is 0.0370. The van der Waals surface area contributed by atoms with Crippen molar-refractivity contribution in [3.05, 3.63) is 59.5 Å². The first kappa shape index (κ1) is 19.7. The number of furan rings is 1. The van der Waals surface area contributed by atoms with E-state index in [1.54, 1.807) is 0 Å². The summed E-state index contributed by atoms with van der Waals surface area (Å²) in [5, 5.41) is 8.80. The predicted octanol–water partition coefficient (Wildman–Crippen LogP) is 2.33. The van der Waals surface area contributed by atoms with Crippen LogP contribution in [0.25, 0.3) is 0 Å². The lowest BCUT2D eigenvalue weighted by Gasteiger charge is -2.21. The summed E-state index contributed by atoms with van der Waals surface area (Å²) in [7, 11) is -3.27. The van der Waals surface area contributed by atoms with Gasteiger partial charge < -0.3 is 14.4 Å². The Morgan fingerprint density at radius 3 is 2.42 bits per heavy atom. The first-order valence-electron chi connectivity index (χ1n) is 8.06. The van der Waals surface area contributed by atoms with E-state index >= 15 is 0 Å². The van der Waals surface area contributed by atoms with Crippen LogP contribution in [0.4, 0.5) is 0 Å². The predicted molar refractivity (Wildman–Crippen MR) is 95.3 cm³/mol. The highest BCUT2D eigenvalue weighted by molar-refractivity contribution is 7.89. The molecule has 0 bridgehead atoms. The fourth-order valence-corrected chi connectivity index (χ4v) is 3.13. The summed E-state index contributed by atoms with van der Waals surface area (Å²) >= 11 is 0. The van der Waals surface area contributed by atoms with Crippen molar-refractivity contribution in [3.8, 4) is 0 Å². The minimum atomic E-state index is -3.27. The molecule has 2 aromatic rings. The summed E-state index contributed by atoms with van der Waals surface area (Å²) in [5.74, 6) is -1.38. The molecule has 1 aromatic carbocycles. The molecule has 140 valence electrons. The third kappa shape index (κ3) is 6.36. The first-order chi connectivity index (χ1) is 12.2. The molecule has 0 spiro atoms. The van der Waals surface area contributed by atoms with Crippen LogP contribution in [0.3, 0.4) is 0 Å². The van der Waals surface area contributed by atoms with Gasteiger partial charge in [0.1, 0.15) is 11.5 Å². The van der Waals surface area contributed by atoms with Gasteiger partial charge in [-0.2, -0.15) is 0 Å². The highest BCUT2D eigenvalue weighted by Crippen LogP contribution is 2.16. The summed E-state index contributed by atoms with van der Waals surface area (Å²) in [5.41, 5.74) is 0.902. The van der Waals surface area contributed by atoms with Gasteiger partial charge in [0, 0.05) is 25.8 Å². The zero-order chi connectivity index (χ0) is 19.2. The number of carboxylic acids is 1. The number of hydrogen-bond acceptors (Lipinski definition) is 5. The molecular formula is C18H21NO6S. The summed E-state index contributed by atoms with van der Waals surface area (Å²) in [6.07, 6.45) is 1.35. The molecule has 0 atom stereocenters. The number of amides is 1. The highest BCUT2D eigenvalue weighted by Gasteiger charge is 2.21. The van der Waals surface area contributed by atoms with Gasteiger partial charge in [-0.05, 0) is 24.1 Å². The molecule has 1 N–H and O–H groups in total. The topological polar surface area (TPSA) is 105 Å². The largest absolute Gasteiger partial charge is 0.481 e. The fourth-order valence-electron chi connectivity index (χ4n) is 2.46. The molecule has 0 fully saturated rings. The normalized spacial score (nSPS) is 11.3. The van der Waals surface area contributed by atoms with Crippen molar-refractivity contribution in [1.29, 1.82) is 0 Å². The van der Waals surface area contributed by atoms with E-state index < -0.39 is 21.7 Å². The molecule has 1 amide bonds. The Morgan fingerprint density at radius 1 is 1.12 bits per heavy atom. The summed E-state index contributed by atoms with van der Waals surface area (Å²) in [6.45, 7) is 0.559. The average molecular weight is 379 g/mol. The van der Waals surface area contributed by atoms with E-state index in [1.165, 1.54) is 17.0 Å². The first-order valence-corrected chi connectivity index (χ1v) is 10.1. The van der Waals surface area contributed by atoms with Gasteiger partial charge >= 0.3 is 5.97 Å². The Kier molecular flexibility index (Phi) is 6.57. The summed E-state index contributed by atoms with van der Waals surface area (Å²) in [6, 6.07) is 12.2. The van der Waals surface area contributed by atoms with Crippen molar-refractivity contribution in [2.24, 2.45) is 0 Å². The molecular weight excluding hydrogens is 358 g/mol. The lowest BCUT2D eigenvalue weighted by atomic mass is 10.2. The molecule has 0 radical (unpaired) electrons. The molecule has 26 heavy (non-hydrogen) atoms. The van der Waals surface area contributed by atoms with E-state index in [2.05, 4.69) is 0 Å². The molecule has 1 heterocycles. The Labute approximate surface area is 152 Å². The number of carbonyl (C=O) groups excluding carboxylic acids is 1. The van der Waals surface area contributed by atoms with Crippen LogP contribution < -0.4 is 0 Å². The lowest BCUT2D eigenvalue weighted by molar-refractivity contribution is -0.137. The molecule has 1 aromatic heterocycles. The SMILES string of the molecule is CS(=O)(=O)Cc1ccc(C(=O)N(CCCC(=O)O)Cc2ccccc2)o1. The molecule has 0 aliphatic carbocycles. The lowest BCUT2D eigenvalue weighted by Crippen LogP contribution is -2.31. The Bertz CT molecular complexity index is 857. The van der Waals surface area contributed by atoms with Crippen molar-refractivity contribution < 1.29 is 27.5 Å². The Morgan fingerprint density at radius 2 is 1.81 bits per heavy atom. The van der Waals surface area contributed by atoms with Crippen LogP contribution in [-0.4, -0.2) is 43.1 Å². The molecule has 8 heteroatoms. The van der Waals surface area contributed by atoms with E-state index in [1.807, 2.05) is 30.3 Å². The molecule has 7 nitrogen and oxygen atoms in total. The van der Waals surface area contributed by atoms with Gasteiger partial charge in [-0.3, -0.25) is 9.59 Å². The number of nitrogens with zero attached hydrogens (tertiary/aromatic N) is 1.